The second kappa shape index (κ2) is 8.18. The summed E-state index contributed by atoms with van der Waals surface area (Å²) in [6.45, 7) is 4.39. The summed E-state index contributed by atoms with van der Waals surface area (Å²) in [6.07, 6.45) is 3.99. The van der Waals surface area contributed by atoms with E-state index in [0.717, 1.165) is 22.2 Å². The number of thioether (sulfide) groups is 1. The van der Waals surface area contributed by atoms with Gasteiger partial charge in [0.2, 0.25) is 0 Å². The van der Waals surface area contributed by atoms with E-state index in [2.05, 4.69) is 49.5 Å². The number of anilines is 1. The van der Waals surface area contributed by atoms with Crippen LogP contribution in [0.4, 0.5) is 10.5 Å². The van der Waals surface area contributed by atoms with Crippen LogP contribution in [-0.2, 0) is 0 Å². The van der Waals surface area contributed by atoms with Crippen LogP contribution < -0.4 is 5.32 Å². The average Bonchev–Trinajstić information content (AvgIpc) is 3.14. The minimum Gasteiger partial charge on any atom is -0.307 e. The number of fused-ring (bicyclic) bond motifs is 1. The summed E-state index contributed by atoms with van der Waals surface area (Å²) in [6, 6.07) is 24.2. The third-order valence-electron chi connectivity index (χ3n) is 5.15. The second-order valence-corrected chi connectivity index (χ2v) is 8.21. The molecule has 0 aliphatic rings. The van der Waals surface area contributed by atoms with Crippen molar-refractivity contribution in [3.63, 3.8) is 0 Å². The Bertz CT molecular complexity index is 1160. The molecule has 0 radical (unpaired) electrons. The molecule has 4 rings (SSSR count). The van der Waals surface area contributed by atoms with Crippen molar-refractivity contribution in [3.05, 3.63) is 84.6 Å². The van der Waals surface area contributed by atoms with Gasteiger partial charge in [0.1, 0.15) is 0 Å². The number of amides is 1. The minimum atomic E-state index is -0.161. The first-order chi connectivity index (χ1) is 14.1. The Kier molecular flexibility index (Phi) is 5.45. The topological polar surface area (TPSA) is 34.0 Å². The number of benzene rings is 3. The number of rotatable bonds is 4. The maximum Gasteiger partial charge on any atom is 0.330 e. The van der Waals surface area contributed by atoms with Crippen LogP contribution in [0.25, 0.3) is 22.0 Å². The number of para-hydroxylation sites is 1. The van der Waals surface area contributed by atoms with Gasteiger partial charge in [-0.15, -0.1) is 11.8 Å². The molecule has 0 atom stereocenters. The van der Waals surface area contributed by atoms with Gasteiger partial charge in [0.25, 0.3) is 0 Å². The van der Waals surface area contributed by atoms with Crippen LogP contribution in [0.1, 0.15) is 25.3 Å². The molecular weight excluding hydrogens is 376 g/mol. The van der Waals surface area contributed by atoms with Crippen molar-refractivity contribution in [2.75, 3.05) is 11.6 Å². The Hall–Kier alpha value is -2.98. The third kappa shape index (κ3) is 3.81. The van der Waals surface area contributed by atoms with Crippen LogP contribution in [0.2, 0.25) is 0 Å². The summed E-state index contributed by atoms with van der Waals surface area (Å²) in [5.74, 6) is 0.400. The van der Waals surface area contributed by atoms with Crippen molar-refractivity contribution in [2.45, 2.75) is 24.7 Å². The van der Waals surface area contributed by atoms with Crippen LogP contribution in [0.5, 0.6) is 0 Å². The maximum absolute atomic E-state index is 13.1. The van der Waals surface area contributed by atoms with Crippen molar-refractivity contribution in [2.24, 2.45) is 0 Å². The van der Waals surface area contributed by atoms with Gasteiger partial charge in [-0.25, -0.2) is 4.79 Å². The van der Waals surface area contributed by atoms with E-state index in [4.69, 9.17) is 0 Å². The summed E-state index contributed by atoms with van der Waals surface area (Å²) >= 11 is 1.68. The fourth-order valence-corrected chi connectivity index (χ4v) is 4.07. The molecule has 0 unspecified atom stereocenters. The SMILES string of the molecule is CSc1ccc(NC(=O)n2cc(-c3ccccc3C(C)C)c3ccccc32)cc1. The Morgan fingerprint density at radius 1 is 0.897 bits per heavy atom. The van der Waals surface area contributed by atoms with Crippen LogP contribution in [0.15, 0.2) is 83.9 Å². The van der Waals surface area contributed by atoms with Gasteiger partial charge in [-0.1, -0.05) is 56.3 Å². The van der Waals surface area contributed by atoms with Crippen LogP contribution in [0.3, 0.4) is 0 Å². The number of carbonyl (C=O) groups is 1. The van der Waals surface area contributed by atoms with E-state index in [1.807, 2.05) is 54.9 Å². The first-order valence-corrected chi connectivity index (χ1v) is 11.0. The summed E-state index contributed by atoms with van der Waals surface area (Å²) in [5, 5.41) is 4.10. The molecule has 0 saturated heterocycles. The lowest BCUT2D eigenvalue weighted by atomic mass is 9.92. The van der Waals surface area contributed by atoms with Crippen molar-refractivity contribution < 1.29 is 4.79 Å². The Morgan fingerprint density at radius 3 is 2.31 bits per heavy atom. The zero-order valence-electron chi connectivity index (χ0n) is 16.8. The largest absolute Gasteiger partial charge is 0.330 e. The van der Waals surface area contributed by atoms with Gasteiger partial charge < -0.3 is 5.32 Å². The number of hydrogen-bond acceptors (Lipinski definition) is 2. The zero-order valence-corrected chi connectivity index (χ0v) is 17.7. The number of carbonyl (C=O) groups excluding carboxylic acids is 1. The number of nitrogens with one attached hydrogen (secondary N) is 1. The molecule has 3 nitrogen and oxygen atoms in total. The number of hydrogen-bond donors (Lipinski definition) is 1. The highest BCUT2D eigenvalue weighted by molar-refractivity contribution is 7.98. The lowest BCUT2D eigenvalue weighted by Gasteiger charge is -2.12. The van der Waals surface area contributed by atoms with E-state index < -0.39 is 0 Å². The standard InChI is InChI=1S/C25H24N2OS/c1-17(2)20-8-4-5-9-21(20)23-16-27(24-11-7-6-10-22(23)24)25(28)26-18-12-14-19(29-3)15-13-18/h4-17H,1-3H3,(H,26,28). The van der Waals surface area contributed by atoms with Gasteiger partial charge in [0.15, 0.2) is 0 Å². The predicted molar refractivity (Wildman–Crippen MR) is 124 cm³/mol. The lowest BCUT2D eigenvalue weighted by Crippen LogP contribution is -2.18. The Labute approximate surface area is 175 Å². The van der Waals surface area contributed by atoms with Crippen molar-refractivity contribution in [1.29, 1.82) is 0 Å². The summed E-state index contributed by atoms with van der Waals surface area (Å²) in [5.41, 5.74) is 5.23. The molecule has 29 heavy (non-hydrogen) atoms. The highest BCUT2D eigenvalue weighted by Crippen LogP contribution is 2.35. The van der Waals surface area contributed by atoms with Gasteiger partial charge in [-0.2, -0.15) is 0 Å². The molecule has 0 aliphatic carbocycles. The highest BCUT2D eigenvalue weighted by Gasteiger charge is 2.17. The molecule has 1 aromatic heterocycles. The van der Waals surface area contributed by atoms with Gasteiger partial charge in [-0.3, -0.25) is 4.57 Å². The molecule has 0 spiro atoms. The lowest BCUT2D eigenvalue weighted by molar-refractivity contribution is 0.254. The summed E-state index contributed by atoms with van der Waals surface area (Å²) in [4.78, 5) is 14.3. The predicted octanol–water partition coefficient (Wildman–Crippen LogP) is 7.23. The quantitative estimate of drug-likeness (QED) is 0.367. The average molecular weight is 401 g/mol. The second-order valence-electron chi connectivity index (χ2n) is 7.33. The normalized spacial score (nSPS) is 11.2. The van der Waals surface area contributed by atoms with E-state index in [1.54, 1.807) is 16.3 Å². The third-order valence-corrected chi connectivity index (χ3v) is 5.89. The molecule has 3 aromatic carbocycles. The number of nitrogens with zero attached hydrogens (tertiary/aromatic N) is 1. The van der Waals surface area contributed by atoms with Gasteiger partial charge >= 0.3 is 6.03 Å². The van der Waals surface area contributed by atoms with E-state index in [0.29, 0.717) is 5.92 Å². The van der Waals surface area contributed by atoms with Gasteiger partial charge in [0.05, 0.1) is 5.52 Å². The monoisotopic (exact) mass is 400 g/mol. The van der Waals surface area contributed by atoms with E-state index in [9.17, 15) is 4.79 Å². The Morgan fingerprint density at radius 2 is 1.59 bits per heavy atom. The van der Waals surface area contributed by atoms with Crippen molar-refractivity contribution in [3.8, 4) is 11.1 Å². The van der Waals surface area contributed by atoms with Crippen LogP contribution in [-0.4, -0.2) is 16.9 Å². The summed E-state index contributed by atoms with van der Waals surface area (Å²) < 4.78 is 1.71. The van der Waals surface area contributed by atoms with Gasteiger partial charge in [0, 0.05) is 27.7 Å². The first-order valence-electron chi connectivity index (χ1n) is 9.73. The van der Waals surface area contributed by atoms with Gasteiger partial charge in [-0.05, 0) is 53.6 Å². The van der Waals surface area contributed by atoms with Crippen molar-refractivity contribution in [1.82, 2.24) is 4.57 Å². The van der Waals surface area contributed by atoms with E-state index in [-0.39, 0.29) is 6.03 Å². The fourth-order valence-electron chi connectivity index (χ4n) is 3.67. The smallest absolute Gasteiger partial charge is 0.307 e. The molecule has 0 fully saturated rings. The Balaban J connectivity index is 1.77. The molecule has 0 bridgehead atoms. The fraction of sp³-hybridized carbons (Fsp3) is 0.160. The molecule has 146 valence electrons. The molecule has 0 aliphatic heterocycles. The summed E-state index contributed by atoms with van der Waals surface area (Å²) in [7, 11) is 0. The highest BCUT2D eigenvalue weighted by atomic mass is 32.2. The number of aromatic nitrogens is 1. The molecule has 1 heterocycles. The zero-order chi connectivity index (χ0) is 20.4. The first kappa shape index (κ1) is 19.3. The molecule has 4 heteroatoms. The minimum absolute atomic E-state index is 0.161. The molecule has 1 N–H and O–H groups in total. The van der Waals surface area contributed by atoms with Crippen molar-refractivity contribution >= 4 is 34.4 Å². The van der Waals surface area contributed by atoms with E-state index in [1.165, 1.54) is 16.0 Å². The molecule has 1 amide bonds. The molecule has 0 saturated carbocycles. The maximum atomic E-state index is 13.1. The van der Waals surface area contributed by atoms with Crippen LogP contribution in [0, 0.1) is 0 Å². The van der Waals surface area contributed by atoms with Crippen LogP contribution >= 0.6 is 11.8 Å². The molecular formula is C25H24N2OS. The van der Waals surface area contributed by atoms with E-state index >= 15 is 0 Å². The molecule has 4 aromatic rings.